The number of nitrogens with zero attached hydrogens (tertiary/aromatic N) is 2. The van der Waals surface area contributed by atoms with Crippen LogP contribution in [0, 0.1) is 6.92 Å². The molecule has 4 nitrogen and oxygen atoms in total. The normalized spacial score (nSPS) is 13.6. The number of quaternary nitrogens is 1. The molecule has 0 spiro atoms. The lowest BCUT2D eigenvalue weighted by Gasteiger charge is -2.18. The van der Waals surface area contributed by atoms with Crippen LogP contribution in [0.15, 0.2) is 63.7 Å². The Bertz CT molecular complexity index is 944. The fourth-order valence-electron chi connectivity index (χ4n) is 2.90. The lowest BCUT2D eigenvalue weighted by Crippen LogP contribution is -2.85. The Labute approximate surface area is 160 Å². The largest absolute Gasteiger partial charge is 0.414 e. The van der Waals surface area contributed by atoms with Crippen LogP contribution in [0.4, 0.5) is 0 Å². The first-order valence-electron chi connectivity index (χ1n) is 8.53. The minimum absolute atomic E-state index is 0.0598. The first kappa shape index (κ1) is 17.1. The van der Waals surface area contributed by atoms with Gasteiger partial charge in [0.05, 0.1) is 9.75 Å². The van der Waals surface area contributed by atoms with Gasteiger partial charge in [0.2, 0.25) is 0 Å². The minimum Gasteiger partial charge on any atom is -0.414 e. The summed E-state index contributed by atoms with van der Waals surface area (Å²) in [6.45, 7) is 4.22. The molecule has 0 unspecified atom stereocenters. The molecule has 26 heavy (non-hydrogen) atoms. The molecule has 2 atom stereocenters. The highest BCUT2D eigenvalue weighted by Gasteiger charge is 2.26. The maximum Gasteiger partial charge on any atom is 0.274 e. The molecule has 0 bridgehead atoms. The molecule has 4 rings (SSSR count). The molecule has 0 saturated carbocycles. The van der Waals surface area contributed by atoms with Gasteiger partial charge in [-0.3, -0.25) is 0 Å². The van der Waals surface area contributed by atoms with Crippen molar-refractivity contribution in [3.63, 3.8) is 0 Å². The fraction of sp³-hybridized carbons (Fsp3) is 0.200. The van der Waals surface area contributed by atoms with E-state index >= 15 is 0 Å². The van der Waals surface area contributed by atoms with Crippen molar-refractivity contribution >= 4 is 22.7 Å². The van der Waals surface area contributed by atoms with Crippen LogP contribution >= 0.6 is 22.7 Å². The van der Waals surface area contributed by atoms with E-state index in [0.717, 1.165) is 4.88 Å². The van der Waals surface area contributed by atoms with Crippen LogP contribution in [0.2, 0.25) is 0 Å². The summed E-state index contributed by atoms with van der Waals surface area (Å²) in [5.41, 5.74) is 2.55. The second kappa shape index (κ2) is 7.53. The van der Waals surface area contributed by atoms with Crippen molar-refractivity contribution in [3.05, 3.63) is 81.2 Å². The van der Waals surface area contributed by atoms with Gasteiger partial charge in [-0.2, -0.15) is 0 Å². The Morgan fingerprint density at radius 2 is 1.73 bits per heavy atom. The van der Waals surface area contributed by atoms with E-state index in [1.54, 1.807) is 22.7 Å². The summed E-state index contributed by atoms with van der Waals surface area (Å²) in [5, 5.41) is 14.9. The van der Waals surface area contributed by atoms with Crippen LogP contribution in [0.3, 0.4) is 0 Å². The maximum absolute atomic E-state index is 5.92. The van der Waals surface area contributed by atoms with Gasteiger partial charge < -0.3 is 9.73 Å². The number of benzene rings is 1. The van der Waals surface area contributed by atoms with Crippen LogP contribution in [0.5, 0.6) is 0 Å². The van der Waals surface area contributed by atoms with Gasteiger partial charge >= 0.3 is 0 Å². The average molecular weight is 383 g/mol. The van der Waals surface area contributed by atoms with Crippen LogP contribution in [-0.2, 0) is 0 Å². The first-order valence-corrected chi connectivity index (χ1v) is 10.3. The smallest absolute Gasteiger partial charge is 0.274 e. The number of hydrogen-bond donors (Lipinski definition) is 1. The van der Waals surface area contributed by atoms with Crippen molar-refractivity contribution in [2.24, 2.45) is 0 Å². The third kappa shape index (κ3) is 3.62. The molecular formula is C20H20N3OS2+. The molecule has 0 saturated heterocycles. The van der Waals surface area contributed by atoms with Gasteiger partial charge in [0.1, 0.15) is 6.04 Å². The topological polar surface area (TPSA) is 55.5 Å². The quantitative estimate of drug-likeness (QED) is 0.531. The molecule has 3 heterocycles. The summed E-state index contributed by atoms with van der Waals surface area (Å²) >= 11 is 3.38. The summed E-state index contributed by atoms with van der Waals surface area (Å²) in [7, 11) is 0. The van der Waals surface area contributed by atoms with Gasteiger partial charge in [-0.1, -0.05) is 42.0 Å². The summed E-state index contributed by atoms with van der Waals surface area (Å²) in [6, 6.07) is 17.3. The van der Waals surface area contributed by atoms with Crippen LogP contribution in [0.1, 0.15) is 40.9 Å². The van der Waals surface area contributed by atoms with Crippen LogP contribution < -0.4 is 5.32 Å². The van der Waals surface area contributed by atoms with Gasteiger partial charge in [-0.15, -0.1) is 32.9 Å². The van der Waals surface area contributed by atoms with Crippen molar-refractivity contribution in [1.29, 1.82) is 0 Å². The Morgan fingerprint density at radius 1 is 0.962 bits per heavy atom. The standard InChI is InChI=1S/C20H19N3OS2/c1-13-7-9-15(10-8-13)18(16-5-3-11-25-16)21-14(2)19-22-23-20(24-19)17-6-4-12-26-17/h3-12,14,18,21H,1-2H3/p+1/t14-,18-/m0/s1. The maximum atomic E-state index is 5.92. The zero-order valence-corrected chi connectivity index (χ0v) is 16.3. The van der Waals surface area contributed by atoms with Crippen molar-refractivity contribution in [1.82, 2.24) is 10.2 Å². The van der Waals surface area contributed by atoms with Gasteiger partial charge in [0, 0.05) is 5.56 Å². The molecule has 0 fully saturated rings. The van der Waals surface area contributed by atoms with Crippen molar-refractivity contribution < 1.29 is 9.73 Å². The van der Waals surface area contributed by atoms with Crippen LogP contribution in [-0.4, -0.2) is 10.2 Å². The first-order chi connectivity index (χ1) is 12.7. The number of hydrogen-bond acceptors (Lipinski definition) is 5. The lowest BCUT2D eigenvalue weighted by molar-refractivity contribution is -0.725. The van der Waals surface area contributed by atoms with Gasteiger partial charge in [-0.05, 0) is 36.7 Å². The van der Waals surface area contributed by atoms with E-state index in [1.807, 2.05) is 17.5 Å². The Morgan fingerprint density at radius 3 is 2.42 bits per heavy atom. The predicted molar refractivity (Wildman–Crippen MR) is 105 cm³/mol. The van der Waals surface area contributed by atoms with E-state index in [0.29, 0.717) is 11.8 Å². The fourth-order valence-corrected chi connectivity index (χ4v) is 4.38. The van der Waals surface area contributed by atoms with Crippen molar-refractivity contribution in [3.8, 4) is 10.8 Å². The van der Waals surface area contributed by atoms with Crippen LogP contribution in [0.25, 0.3) is 10.8 Å². The zero-order chi connectivity index (χ0) is 17.9. The summed E-state index contributed by atoms with van der Waals surface area (Å²) in [4.78, 5) is 2.32. The Hall–Kier alpha value is -2.28. The van der Waals surface area contributed by atoms with E-state index in [9.17, 15) is 0 Å². The Balaban J connectivity index is 1.58. The van der Waals surface area contributed by atoms with E-state index in [-0.39, 0.29) is 12.1 Å². The molecule has 0 aliphatic carbocycles. The third-order valence-electron chi connectivity index (χ3n) is 4.33. The van der Waals surface area contributed by atoms with Gasteiger partial charge in [-0.25, -0.2) is 0 Å². The summed E-state index contributed by atoms with van der Waals surface area (Å²) in [5.74, 6) is 1.25. The van der Waals surface area contributed by atoms with E-state index in [1.165, 1.54) is 16.0 Å². The molecule has 1 aromatic carbocycles. The molecular weight excluding hydrogens is 362 g/mol. The van der Waals surface area contributed by atoms with E-state index in [2.05, 4.69) is 71.1 Å². The molecule has 0 aliphatic heterocycles. The number of aromatic nitrogens is 2. The number of thiophene rings is 2. The summed E-state index contributed by atoms with van der Waals surface area (Å²) < 4.78 is 5.92. The summed E-state index contributed by atoms with van der Waals surface area (Å²) in [6.07, 6.45) is 0. The number of aryl methyl sites for hydroxylation is 1. The number of rotatable bonds is 6. The molecule has 0 aliphatic rings. The average Bonchev–Trinajstić information content (AvgIpc) is 3.42. The molecule has 0 radical (unpaired) electrons. The lowest BCUT2D eigenvalue weighted by atomic mass is 10.0. The second-order valence-corrected chi connectivity index (χ2v) is 8.23. The van der Waals surface area contributed by atoms with Gasteiger partial charge in [0.15, 0.2) is 6.04 Å². The second-order valence-electron chi connectivity index (χ2n) is 6.31. The highest BCUT2D eigenvalue weighted by Crippen LogP contribution is 2.26. The SMILES string of the molecule is Cc1ccc([C@H]([NH2+][C@@H](C)c2nnc(-c3cccs3)o2)c2cccs2)cc1. The zero-order valence-electron chi connectivity index (χ0n) is 14.6. The number of nitrogens with two attached hydrogens (primary N) is 1. The van der Waals surface area contributed by atoms with Crippen molar-refractivity contribution in [2.75, 3.05) is 0 Å². The predicted octanol–water partition coefficient (Wildman–Crippen LogP) is 4.58. The minimum atomic E-state index is 0.0598. The molecule has 2 N–H and O–H groups in total. The van der Waals surface area contributed by atoms with Crippen molar-refractivity contribution in [2.45, 2.75) is 25.9 Å². The Kier molecular flexibility index (Phi) is 4.97. The monoisotopic (exact) mass is 382 g/mol. The molecule has 6 heteroatoms. The molecule has 3 aromatic heterocycles. The molecule has 0 amide bonds. The highest BCUT2D eigenvalue weighted by atomic mass is 32.1. The third-order valence-corrected chi connectivity index (χ3v) is 6.14. The van der Waals surface area contributed by atoms with Gasteiger partial charge in [0.25, 0.3) is 11.8 Å². The molecule has 132 valence electrons. The van der Waals surface area contributed by atoms with E-state index < -0.39 is 0 Å². The van der Waals surface area contributed by atoms with E-state index in [4.69, 9.17) is 4.42 Å². The molecule has 4 aromatic rings. The highest BCUT2D eigenvalue weighted by molar-refractivity contribution is 7.13.